The first-order valence-electron chi connectivity index (χ1n) is 8.17. The van der Waals surface area contributed by atoms with Crippen LogP contribution in [0.2, 0.25) is 0 Å². The van der Waals surface area contributed by atoms with E-state index < -0.39 is 0 Å². The lowest BCUT2D eigenvalue weighted by molar-refractivity contribution is -0.152. The SMILES string of the molecule is C[C@@]12NC[C@H]3C[C@H](C=O)[C@@H]1N(Cc1ccccc1)C(=O)C[C@H]32. The van der Waals surface area contributed by atoms with Crippen molar-refractivity contribution < 1.29 is 9.59 Å². The lowest BCUT2D eigenvalue weighted by atomic mass is 9.60. The first kappa shape index (κ1) is 13.9. The van der Waals surface area contributed by atoms with E-state index in [1.165, 1.54) is 0 Å². The van der Waals surface area contributed by atoms with E-state index in [4.69, 9.17) is 0 Å². The third-order valence-corrected chi connectivity index (χ3v) is 6.10. The Kier molecular flexibility index (Phi) is 3.12. The molecule has 2 heterocycles. The Morgan fingerprint density at radius 3 is 2.86 bits per heavy atom. The molecule has 3 aliphatic rings. The molecule has 116 valence electrons. The summed E-state index contributed by atoms with van der Waals surface area (Å²) in [6, 6.07) is 10.1. The van der Waals surface area contributed by atoms with Gasteiger partial charge in [-0.2, -0.15) is 0 Å². The minimum Gasteiger partial charge on any atom is -0.333 e. The Hall–Kier alpha value is -1.68. The molecule has 1 aromatic carbocycles. The molecule has 0 spiro atoms. The van der Waals surface area contributed by atoms with Gasteiger partial charge in [0.25, 0.3) is 0 Å². The van der Waals surface area contributed by atoms with Gasteiger partial charge in [0.15, 0.2) is 0 Å². The van der Waals surface area contributed by atoms with Crippen LogP contribution in [0, 0.1) is 17.8 Å². The van der Waals surface area contributed by atoms with Gasteiger partial charge in [0.2, 0.25) is 5.91 Å². The van der Waals surface area contributed by atoms with Crippen molar-refractivity contribution >= 4 is 12.2 Å². The van der Waals surface area contributed by atoms with E-state index in [-0.39, 0.29) is 23.4 Å². The lowest BCUT2D eigenvalue weighted by Gasteiger charge is -2.55. The van der Waals surface area contributed by atoms with Crippen LogP contribution in [0.1, 0.15) is 25.3 Å². The molecule has 1 saturated carbocycles. The second-order valence-electron chi connectivity index (χ2n) is 7.22. The summed E-state index contributed by atoms with van der Waals surface area (Å²) in [7, 11) is 0. The predicted molar refractivity (Wildman–Crippen MR) is 83.0 cm³/mol. The number of benzene rings is 1. The van der Waals surface area contributed by atoms with Gasteiger partial charge in [0, 0.05) is 24.4 Å². The molecule has 5 atom stereocenters. The largest absolute Gasteiger partial charge is 0.333 e. The Morgan fingerprint density at radius 2 is 2.14 bits per heavy atom. The summed E-state index contributed by atoms with van der Waals surface area (Å²) in [6.45, 7) is 3.75. The van der Waals surface area contributed by atoms with Crippen LogP contribution in [-0.4, -0.2) is 35.2 Å². The number of aldehydes is 1. The van der Waals surface area contributed by atoms with Gasteiger partial charge in [-0.25, -0.2) is 0 Å². The quantitative estimate of drug-likeness (QED) is 0.862. The molecule has 1 aliphatic carbocycles. The third-order valence-electron chi connectivity index (χ3n) is 6.10. The van der Waals surface area contributed by atoms with E-state index >= 15 is 0 Å². The van der Waals surface area contributed by atoms with Crippen LogP contribution in [0.25, 0.3) is 0 Å². The van der Waals surface area contributed by atoms with Crippen LogP contribution in [0.15, 0.2) is 30.3 Å². The molecule has 2 saturated heterocycles. The average Bonchev–Trinajstić information content (AvgIpc) is 2.75. The second kappa shape index (κ2) is 4.92. The molecule has 4 heteroatoms. The zero-order valence-corrected chi connectivity index (χ0v) is 12.9. The molecule has 1 amide bonds. The Balaban J connectivity index is 1.71. The van der Waals surface area contributed by atoms with Crippen molar-refractivity contribution in [2.45, 2.75) is 37.9 Å². The average molecular weight is 298 g/mol. The number of rotatable bonds is 3. The maximum Gasteiger partial charge on any atom is 0.223 e. The van der Waals surface area contributed by atoms with Crippen molar-refractivity contribution in [3.8, 4) is 0 Å². The van der Waals surface area contributed by atoms with Crippen molar-refractivity contribution in [2.24, 2.45) is 17.8 Å². The summed E-state index contributed by atoms with van der Waals surface area (Å²) in [5, 5.41) is 3.64. The summed E-state index contributed by atoms with van der Waals surface area (Å²) in [4.78, 5) is 26.3. The zero-order valence-electron chi connectivity index (χ0n) is 12.9. The van der Waals surface area contributed by atoms with E-state index in [1.54, 1.807) is 0 Å². The number of nitrogens with zero attached hydrogens (tertiary/aromatic N) is 1. The standard InChI is InChI=1S/C18H22N2O2/c1-18-15-8-16(22)20(10-12-5-3-2-4-6-12)17(18)14(11-21)7-13(15)9-19-18/h2-6,11,13-15,17,19H,7-10H2,1H3/t13-,14-,15-,17+,18+/m1/s1. The highest BCUT2D eigenvalue weighted by Crippen LogP contribution is 2.51. The number of carbonyl (C=O) groups is 2. The van der Waals surface area contributed by atoms with Crippen LogP contribution >= 0.6 is 0 Å². The molecule has 2 aliphatic heterocycles. The monoisotopic (exact) mass is 298 g/mol. The van der Waals surface area contributed by atoms with Crippen LogP contribution in [0.4, 0.5) is 0 Å². The molecule has 22 heavy (non-hydrogen) atoms. The van der Waals surface area contributed by atoms with Crippen LogP contribution in [0.5, 0.6) is 0 Å². The van der Waals surface area contributed by atoms with Gasteiger partial charge in [-0.3, -0.25) is 4.79 Å². The van der Waals surface area contributed by atoms with Crippen molar-refractivity contribution in [3.05, 3.63) is 35.9 Å². The van der Waals surface area contributed by atoms with Gasteiger partial charge in [-0.15, -0.1) is 0 Å². The van der Waals surface area contributed by atoms with E-state index in [0.29, 0.717) is 24.8 Å². The van der Waals surface area contributed by atoms with Gasteiger partial charge < -0.3 is 15.0 Å². The van der Waals surface area contributed by atoms with Gasteiger partial charge in [-0.05, 0) is 37.3 Å². The number of hydrogen-bond acceptors (Lipinski definition) is 3. The van der Waals surface area contributed by atoms with Gasteiger partial charge >= 0.3 is 0 Å². The number of amides is 1. The van der Waals surface area contributed by atoms with Gasteiger partial charge in [0.05, 0.1) is 6.04 Å². The number of piperidine rings is 1. The van der Waals surface area contributed by atoms with Crippen molar-refractivity contribution in [2.75, 3.05) is 6.54 Å². The number of nitrogens with one attached hydrogen (secondary N) is 1. The Bertz CT molecular complexity index is 602. The molecule has 4 rings (SSSR count). The molecule has 4 nitrogen and oxygen atoms in total. The first-order valence-corrected chi connectivity index (χ1v) is 8.17. The fourth-order valence-corrected chi connectivity index (χ4v) is 5.10. The number of hydrogen-bond donors (Lipinski definition) is 1. The smallest absolute Gasteiger partial charge is 0.223 e. The topological polar surface area (TPSA) is 49.4 Å². The maximum atomic E-state index is 12.7. The number of carbonyl (C=O) groups excluding carboxylic acids is 2. The minimum atomic E-state index is -0.114. The fourth-order valence-electron chi connectivity index (χ4n) is 5.10. The molecule has 3 fully saturated rings. The minimum absolute atomic E-state index is 0.0183. The lowest BCUT2D eigenvalue weighted by Crippen LogP contribution is -2.69. The predicted octanol–water partition coefficient (Wildman–Crippen LogP) is 1.60. The highest BCUT2D eigenvalue weighted by molar-refractivity contribution is 5.80. The highest BCUT2D eigenvalue weighted by Gasteiger charge is 2.62. The summed E-state index contributed by atoms with van der Waals surface area (Å²) in [5.41, 5.74) is 1.01. The van der Waals surface area contributed by atoms with E-state index in [0.717, 1.165) is 24.8 Å². The van der Waals surface area contributed by atoms with Crippen molar-refractivity contribution in [3.63, 3.8) is 0 Å². The normalized spacial score (nSPS) is 39.9. The molecule has 1 aromatic rings. The molecule has 0 radical (unpaired) electrons. The fraction of sp³-hybridized carbons (Fsp3) is 0.556. The highest BCUT2D eigenvalue weighted by atomic mass is 16.2. The Morgan fingerprint density at radius 1 is 1.36 bits per heavy atom. The van der Waals surface area contributed by atoms with Gasteiger partial charge in [0.1, 0.15) is 6.29 Å². The summed E-state index contributed by atoms with van der Waals surface area (Å²) in [5.74, 6) is 1.01. The van der Waals surface area contributed by atoms with Crippen LogP contribution in [0.3, 0.4) is 0 Å². The number of likely N-dealkylation sites (tertiary alicyclic amines) is 1. The first-order chi connectivity index (χ1) is 10.6. The molecule has 0 aromatic heterocycles. The zero-order chi connectivity index (χ0) is 15.3. The molecular weight excluding hydrogens is 276 g/mol. The molecule has 1 N–H and O–H groups in total. The second-order valence-corrected chi connectivity index (χ2v) is 7.22. The maximum absolute atomic E-state index is 12.7. The summed E-state index contributed by atoms with van der Waals surface area (Å²) >= 11 is 0. The van der Waals surface area contributed by atoms with E-state index in [2.05, 4.69) is 12.2 Å². The molecule has 0 unspecified atom stereocenters. The Labute approximate surface area is 130 Å². The van der Waals surface area contributed by atoms with Crippen molar-refractivity contribution in [1.82, 2.24) is 10.2 Å². The molecule has 4 bridgehead atoms. The summed E-state index contributed by atoms with van der Waals surface area (Å²) < 4.78 is 0. The van der Waals surface area contributed by atoms with Crippen LogP contribution in [-0.2, 0) is 16.1 Å². The molecular formula is C18H22N2O2. The van der Waals surface area contributed by atoms with E-state index in [9.17, 15) is 9.59 Å². The van der Waals surface area contributed by atoms with E-state index in [1.807, 2.05) is 35.2 Å². The summed E-state index contributed by atoms with van der Waals surface area (Å²) in [6.07, 6.45) is 2.61. The third kappa shape index (κ3) is 1.86. The van der Waals surface area contributed by atoms with Crippen molar-refractivity contribution in [1.29, 1.82) is 0 Å². The van der Waals surface area contributed by atoms with Crippen LogP contribution < -0.4 is 5.32 Å². The van der Waals surface area contributed by atoms with Gasteiger partial charge in [-0.1, -0.05) is 30.3 Å².